The van der Waals surface area contributed by atoms with Crippen LogP contribution in [0.4, 0.5) is 4.39 Å². The Hall–Kier alpha value is -1.30. The molecule has 0 radical (unpaired) electrons. The Kier molecular flexibility index (Phi) is 3.61. The van der Waals surface area contributed by atoms with Crippen LogP contribution in [0.25, 0.3) is 0 Å². The van der Waals surface area contributed by atoms with Crippen LogP contribution in [0, 0.1) is 0 Å². The van der Waals surface area contributed by atoms with Crippen molar-refractivity contribution in [1.82, 2.24) is 19.9 Å². The zero-order chi connectivity index (χ0) is 11.4. The van der Waals surface area contributed by atoms with Crippen molar-refractivity contribution < 1.29 is 9.18 Å². The fraction of sp³-hybridized carbons (Fsp3) is 0.700. The number of alkyl halides is 1. The van der Waals surface area contributed by atoms with E-state index < -0.39 is 0 Å². The highest BCUT2D eigenvalue weighted by atomic mass is 19.1. The summed E-state index contributed by atoms with van der Waals surface area (Å²) < 4.78 is 14.0. The van der Waals surface area contributed by atoms with Crippen LogP contribution < -0.4 is 0 Å². The van der Waals surface area contributed by atoms with Crippen molar-refractivity contribution >= 4 is 6.29 Å². The predicted molar refractivity (Wildman–Crippen MR) is 56.1 cm³/mol. The first kappa shape index (κ1) is 11.2. The zero-order valence-electron chi connectivity index (χ0n) is 9.05. The highest BCUT2D eigenvalue weighted by Crippen LogP contribution is 2.20. The lowest BCUT2D eigenvalue weighted by Gasteiger charge is -2.31. The van der Waals surface area contributed by atoms with Crippen molar-refractivity contribution in [2.45, 2.75) is 18.9 Å². The van der Waals surface area contributed by atoms with E-state index in [1.54, 1.807) is 10.9 Å². The molecule has 0 spiro atoms. The standard InChI is InChI=1S/C10H15FN4O/c11-3-5-14-4-1-2-10(7-14)15-6-9(8-16)12-13-15/h6,8,10H,1-5,7H2/t10-/m1/s1. The number of piperidine rings is 1. The first-order valence-corrected chi connectivity index (χ1v) is 5.49. The molecule has 0 unspecified atom stereocenters. The number of aldehydes is 1. The topological polar surface area (TPSA) is 51.0 Å². The Morgan fingerprint density at radius 2 is 2.50 bits per heavy atom. The largest absolute Gasteiger partial charge is 0.299 e. The van der Waals surface area contributed by atoms with Crippen LogP contribution in [0.1, 0.15) is 29.4 Å². The molecule has 1 saturated heterocycles. The molecule has 2 rings (SSSR count). The normalized spacial score (nSPS) is 22.2. The number of nitrogens with zero attached hydrogens (tertiary/aromatic N) is 4. The minimum absolute atomic E-state index is 0.210. The highest BCUT2D eigenvalue weighted by molar-refractivity contribution is 5.70. The summed E-state index contributed by atoms with van der Waals surface area (Å²) in [6.45, 7) is 1.89. The third-order valence-corrected chi connectivity index (χ3v) is 2.90. The number of likely N-dealkylation sites (tertiary alicyclic amines) is 1. The molecule has 88 valence electrons. The molecule has 2 heterocycles. The first-order chi connectivity index (χ1) is 7.83. The molecular formula is C10H15FN4O. The minimum atomic E-state index is -0.316. The average molecular weight is 226 g/mol. The molecule has 0 aliphatic carbocycles. The average Bonchev–Trinajstić information content (AvgIpc) is 2.78. The minimum Gasteiger partial charge on any atom is -0.299 e. The van der Waals surface area contributed by atoms with E-state index in [0.717, 1.165) is 25.9 Å². The van der Waals surface area contributed by atoms with E-state index in [0.29, 0.717) is 18.5 Å². The summed E-state index contributed by atoms with van der Waals surface area (Å²) in [7, 11) is 0. The molecule has 0 amide bonds. The Labute approximate surface area is 93.2 Å². The van der Waals surface area contributed by atoms with Crippen LogP contribution in [0.3, 0.4) is 0 Å². The van der Waals surface area contributed by atoms with Crippen molar-refractivity contribution in [3.05, 3.63) is 11.9 Å². The van der Waals surface area contributed by atoms with E-state index in [2.05, 4.69) is 15.2 Å². The maximum atomic E-state index is 12.2. The number of halogens is 1. The van der Waals surface area contributed by atoms with Gasteiger partial charge in [0, 0.05) is 13.1 Å². The molecule has 1 aliphatic heterocycles. The van der Waals surface area contributed by atoms with Crippen LogP contribution in [-0.2, 0) is 0 Å². The Morgan fingerprint density at radius 1 is 1.62 bits per heavy atom. The molecule has 1 fully saturated rings. The maximum Gasteiger partial charge on any atom is 0.171 e. The van der Waals surface area contributed by atoms with Crippen molar-refractivity contribution in [3.8, 4) is 0 Å². The lowest BCUT2D eigenvalue weighted by atomic mass is 10.1. The lowest BCUT2D eigenvalue weighted by Crippen LogP contribution is -2.37. The van der Waals surface area contributed by atoms with Gasteiger partial charge in [0.15, 0.2) is 6.29 Å². The summed E-state index contributed by atoms with van der Waals surface area (Å²) in [6, 6.07) is 0.210. The summed E-state index contributed by atoms with van der Waals surface area (Å²) in [5.74, 6) is 0. The molecule has 1 aliphatic rings. The van der Waals surface area contributed by atoms with Gasteiger partial charge in [-0.2, -0.15) is 0 Å². The van der Waals surface area contributed by atoms with E-state index in [1.165, 1.54) is 0 Å². The van der Waals surface area contributed by atoms with E-state index in [4.69, 9.17) is 0 Å². The Morgan fingerprint density at radius 3 is 3.19 bits per heavy atom. The zero-order valence-corrected chi connectivity index (χ0v) is 9.05. The Bertz CT molecular complexity index is 352. The predicted octanol–water partition coefficient (Wildman–Crippen LogP) is 0.697. The van der Waals surface area contributed by atoms with Gasteiger partial charge in [-0.15, -0.1) is 5.10 Å². The van der Waals surface area contributed by atoms with Crippen LogP contribution >= 0.6 is 0 Å². The summed E-state index contributed by atoms with van der Waals surface area (Å²) >= 11 is 0. The SMILES string of the molecule is O=Cc1cn([C@@H]2CCCN(CCF)C2)nn1. The number of hydrogen-bond donors (Lipinski definition) is 0. The third-order valence-electron chi connectivity index (χ3n) is 2.90. The molecule has 6 heteroatoms. The molecule has 1 aromatic rings. The second kappa shape index (κ2) is 5.16. The van der Waals surface area contributed by atoms with Gasteiger partial charge in [0.1, 0.15) is 12.4 Å². The van der Waals surface area contributed by atoms with Crippen molar-refractivity contribution in [1.29, 1.82) is 0 Å². The summed E-state index contributed by atoms with van der Waals surface area (Å²) in [5.41, 5.74) is 0.350. The van der Waals surface area contributed by atoms with E-state index >= 15 is 0 Å². The molecule has 0 saturated carbocycles. The molecule has 5 nitrogen and oxygen atoms in total. The van der Waals surface area contributed by atoms with Gasteiger partial charge in [0.2, 0.25) is 0 Å². The second-order valence-electron chi connectivity index (χ2n) is 4.03. The monoisotopic (exact) mass is 226 g/mol. The number of hydrogen-bond acceptors (Lipinski definition) is 4. The molecule has 1 atom stereocenters. The van der Waals surface area contributed by atoms with Crippen molar-refractivity contribution in [3.63, 3.8) is 0 Å². The van der Waals surface area contributed by atoms with Gasteiger partial charge in [-0.05, 0) is 19.4 Å². The molecule has 0 N–H and O–H groups in total. The van der Waals surface area contributed by atoms with Gasteiger partial charge in [0.05, 0.1) is 12.2 Å². The highest BCUT2D eigenvalue weighted by Gasteiger charge is 2.21. The van der Waals surface area contributed by atoms with Gasteiger partial charge in [-0.3, -0.25) is 9.69 Å². The number of rotatable bonds is 4. The number of carbonyl (C=O) groups excluding carboxylic acids is 1. The van der Waals surface area contributed by atoms with Gasteiger partial charge in [-0.1, -0.05) is 5.21 Å². The van der Waals surface area contributed by atoms with Gasteiger partial charge in [-0.25, -0.2) is 9.07 Å². The molecular weight excluding hydrogens is 211 g/mol. The maximum absolute atomic E-state index is 12.2. The first-order valence-electron chi connectivity index (χ1n) is 5.49. The fourth-order valence-electron chi connectivity index (χ4n) is 2.09. The summed E-state index contributed by atoms with van der Waals surface area (Å²) in [4.78, 5) is 12.6. The molecule has 0 bridgehead atoms. The quantitative estimate of drug-likeness (QED) is 0.709. The summed E-state index contributed by atoms with van der Waals surface area (Å²) in [5, 5.41) is 7.65. The summed E-state index contributed by atoms with van der Waals surface area (Å²) in [6.07, 6.45) is 4.37. The van der Waals surface area contributed by atoms with Crippen molar-refractivity contribution in [2.75, 3.05) is 26.3 Å². The molecule has 1 aromatic heterocycles. The van der Waals surface area contributed by atoms with Crippen LogP contribution in [0.15, 0.2) is 6.20 Å². The van der Waals surface area contributed by atoms with E-state index in [-0.39, 0.29) is 12.7 Å². The third kappa shape index (κ3) is 2.44. The van der Waals surface area contributed by atoms with Crippen LogP contribution in [0.5, 0.6) is 0 Å². The van der Waals surface area contributed by atoms with E-state index in [9.17, 15) is 9.18 Å². The smallest absolute Gasteiger partial charge is 0.171 e. The van der Waals surface area contributed by atoms with Gasteiger partial charge >= 0.3 is 0 Å². The van der Waals surface area contributed by atoms with E-state index in [1.807, 2.05) is 0 Å². The van der Waals surface area contributed by atoms with Crippen molar-refractivity contribution in [2.24, 2.45) is 0 Å². The Balaban J connectivity index is 2.00. The molecule has 16 heavy (non-hydrogen) atoms. The van der Waals surface area contributed by atoms with Gasteiger partial charge in [0.25, 0.3) is 0 Å². The molecule has 0 aromatic carbocycles. The lowest BCUT2D eigenvalue weighted by molar-refractivity contribution is 0.111. The van der Waals surface area contributed by atoms with Crippen LogP contribution in [-0.4, -0.2) is 52.5 Å². The fourth-order valence-corrected chi connectivity index (χ4v) is 2.09. The second-order valence-corrected chi connectivity index (χ2v) is 4.03. The number of carbonyl (C=O) groups is 1. The van der Waals surface area contributed by atoms with Crippen LogP contribution in [0.2, 0.25) is 0 Å². The van der Waals surface area contributed by atoms with Gasteiger partial charge < -0.3 is 0 Å². The number of aromatic nitrogens is 3.